The second-order valence-corrected chi connectivity index (χ2v) is 8.58. The molecule has 1 saturated carbocycles. The zero-order chi connectivity index (χ0) is 22.1. The molecule has 2 heterocycles. The first-order valence-electron chi connectivity index (χ1n) is 11.1. The number of nitrogens with zero attached hydrogens (tertiary/aromatic N) is 1. The Kier molecular flexibility index (Phi) is 5.35. The number of anilines is 1. The molecule has 7 nitrogen and oxygen atoms in total. The van der Waals surface area contributed by atoms with E-state index in [1.54, 1.807) is 47.2 Å². The summed E-state index contributed by atoms with van der Waals surface area (Å²) in [6.07, 6.45) is 6.20. The van der Waals surface area contributed by atoms with E-state index in [-0.39, 0.29) is 18.0 Å². The topological polar surface area (TPSA) is 89.8 Å². The van der Waals surface area contributed by atoms with Gasteiger partial charge in [0.1, 0.15) is 13.2 Å². The molecule has 1 aliphatic heterocycles. The van der Waals surface area contributed by atoms with Crippen molar-refractivity contribution in [3.05, 3.63) is 64.6 Å². The highest BCUT2D eigenvalue weighted by Gasteiger charge is 2.30. The number of fused-ring (bicyclic) bond motifs is 2. The summed E-state index contributed by atoms with van der Waals surface area (Å²) in [6.45, 7) is 1.12. The van der Waals surface area contributed by atoms with E-state index in [9.17, 15) is 14.7 Å². The van der Waals surface area contributed by atoms with Gasteiger partial charge >= 0.3 is 0 Å². The van der Waals surface area contributed by atoms with Gasteiger partial charge in [-0.1, -0.05) is 31.4 Å². The van der Waals surface area contributed by atoms with Crippen LogP contribution in [-0.4, -0.2) is 34.4 Å². The van der Waals surface area contributed by atoms with Gasteiger partial charge in [-0.3, -0.25) is 9.59 Å². The zero-order valence-electron chi connectivity index (χ0n) is 17.8. The predicted octanol–water partition coefficient (Wildman–Crippen LogP) is 3.72. The van der Waals surface area contributed by atoms with E-state index in [0.29, 0.717) is 59.6 Å². The lowest BCUT2D eigenvalue weighted by atomic mass is 9.85. The number of para-hydroxylation sites is 1. The van der Waals surface area contributed by atoms with Crippen molar-refractivity contribution in [1.82, 2.24) is 4.57 Å². The number of pyridine rings is 1. The summed E-state index contributed by atoms with van der Waals surface area (Å²) in [5.74, 6) is 0.644. The molecule has 0 bridgehead atoms. The minimum absolute atomic E-state index is 0.175. The summed E-state index contributed by atoms with van der Waals surface area (Å²) in [4.78, 5) is 26.2. The van der Waals surface area contributed by atoms with Crippen molar-refractivity contribution < 1.29 is 19.4 Å². The first-order valence-corrected chi connectivity index (χ1v) is 11.1. The van der Waals surface area contributed by atoms with Gasteiger partial charge in [-0.05, 0) is 43.2 Å². The lowest BCUT2D eigenvalue weighted by molar-refractivity contribution is -0.0121. The average molecular weight is 434 g/mol. The number of carbonyl (C=O) groups is 1. The van der Waals surface area contributed by atoms with Gasteiger partial charge in [-0.15, -0.1) is 0 Å². The number of aliphatic hydroxyl groups is 1. The van der Waals surface area contributed by atoms with Crippen LogP contribution in [0, 0.1) is 0 Å². The van der Waals surface area contributed by atoms with Crippen LogP contribution in [0.4, 0.5) is 5.69 Å². The lowest BCUT2D eigenvalue weighted by Gasteiger charge is -2.32. The molecular weight excluding hydrogens is 408 g/mol. The highest BCUT2D eigenvalue weighted by atomic mass is 16.6. The number of ether oxygens (including phenoxy) is 2. The Balaban J connectivity index is 1.45. The van der Waals surface area contributed by atoms with Crippen molar-refractivity contribution in [2.45, 2.75) is 44.2 Å². The Bertz CT molecular complexity index is 1230. The third-order valence-corrected chi connectivity index (χ3v) is 6.33. The molecule has 166 valence electrons. The van der Waals surface area contributed by atoms with Crippen molar-refractivity contribution in [3.63, 3.8) is 0 Å². The SMILES string of the molecule is O=C(Nc1cccc2c(=O)n(CC3(O)CCCCC3)ccc12)c1cccc2c1OCCO2. The molecule has 7 heteroatoms. The summed E-state index contributed by atoms with van der Waals surface area (Å²) in [7, 11) is 0. The number of benzene rings is 2. The lowest BCUT2D eigenvalue weighted by Crippen LogP contribution is -2.39. The molecule has 1 fully saturated rings. The van der Waals surface area contributed by atoms with Crippen LogP contribution < -0.4 is 20.3 Å². The van der Waals surface area contributed by atoms with Crippen LogP contribution in [0.15, 0.2) is 53.5 Å². The second-order valence-electron chi connectivity index (χ2n) is 8.58. The zero-order valence-corrected chi connectivity index (χ0v) is 17.8. The van der Waals surface area contributed by atoms with Gasteiger partial charge in [0, 0.05) is 22.7 Å². The number of amides is 1. The summed E-state index contributed by atoms with van der Waals surface area (Å²) in [5.41, 5.74) is -0.0864. The molecule has 3 aromatic rings. The fourth-order valence-electron chi connectivity index (χ4n) is 4.68. The number of rotatable bonds is 4. The van der Waals surface area contributed by atoms with Gasteiger partial charge < -0.3 is 24.5 Å². The molecule has 2 aliphatic rings. The highest BCUT2D eigenvalue weighted by Crippen LogP contribution is 2.34. The summed E-state index contributed by atoms with van der Waals surface area (Å²) < 4.78 is 12.8. The molecule has 0 saturated heterocycles. The molecule has 1 aromatic heterocycles. The van der Waals surface area contributed by atoms with Crippen LogP contribution >= 0.6 is 0 Å². The number of carbonyl (C=O) groups excluding carboxylic acids is 1. The third-order valence-electron chi connectivity index (χ3n) is 6.33. The summed E-state index contributed by atoms with van der Waals surface area (Å²) in [6, 6.07) is 12.3. The second kappa shape index (κ2) is 8.31. The van der Waals surface area contributed by atoms with E-state index in [2.05, 4.69) is 5.32 Å². The van der Waals surface area contributed by atoms with Crippen molar-refractivity contribution >= 4 is 22.4 Å². The molecule has 0 radical (unpaired) electrons. The molecule has 0 spiro atoms. The standard InChI is InChI=1S/C25H26N2O5/c28-23(19-7-5-9-21-22(19)32-15-14-31-21)26-20-8-4-6-18-17(20)10-13-27(24(18)29)16-25(30)11-2-1-3-12-25/h4-10,13,30H,1-3,11-12,14-16H2,(H,26,28). The highest BCUT2D eigenvalue weighted by molar-refractivity contribution is 6.10. The van der Waals surface area contributed by atoms with Crippen molar-refractivity contribution in [2.24, 2.45) is 0 Å². The Labute approximate surface area is 185 Å². The Morgan fingerprint density at radius 1 is 1.00 bits per heavy atom. The van der Waals surface area contributed by atoms with E-state index in [0.717, 1.165) is 19.3 Å². The molecule has 2 aromatic carbocycles. The van der Waals surface area contributed by atoms with Crippen LogP contribution in [0.3, 0.4) is 0 Å². The Hall–Kier alpha value is -3.32. The molecule has 32 heavy (non-hydrogen) atoms. The number of hydrogen-bond donors (Lipinski definition) is 2. The molecule has 0 atom stereocenters. The fourth-order valence-corrected chi connectivity index (χ4v) is 4.68. The minimum atomic E-state index is -0.837. The number of nitrogens with one attached hydrogen (secondary N) is 1. The number of aromatic nitrogens is 1. The molecule has 5 rings (SSSR count). The third kappa shape index (κ3) is 3.84. The van der Waals surface area contributed by atoms with Crippen molar-refractivity contribution in [1.29, 1.82) is 0 Å². The van der Waals surface area contributed by atoms with E-state index < -0.39 is 5.60 Å². The summed E-state index contributed by atoms with van der Waals surface area (Å²) in [5, 5.41) is 14.9. The average Bonchev–Trinajstić information content (AvgIpc) is 2.81. The van der Waals surface area contributed by atoms with E-state index in [4.69, 9.17) is 9.47 Å². The maximum absolute atomic E-state index is 13.1. The van der Waals surface area contributed by atoms with Gasteiger partial charge in [0.05, 0.1) is 17.7 Å². The maximum atomic E-state index is 13.1. The largest absolute Gasteiger partial charge is 0.486 e. The quantitative estimate of drug-likeness (QED) is 0.653. The van der Waals surface area contributed by atoms with Crippen LogP contribution in [0.25, 0.3) is 10.8 Å². The van der Waals surface area contributed by atoms with Gasteiger partial charge in [0.15, 0.2) is 11.5 Å². The number of hydrogen-bond acceptors (Lipinski definition) is 5. The van der Waals surface area contributed by atoms with E-state index in [1.807, 2.05) is 6.07 Å². The van der Waals surface area contributed by atoms with Crippen LogP contribution in [0.1, 0.15) is 42.5 Å². The fraction of sp³-hybridized carbons (Fsp3) is 0.360. The van der Waals surface area contributed by atoms with Crippen LogP contribution in [0.2, 0.25) is 0 Å². The van der Waals surface area contributed by atoms with Crippen molar-refractivity contribution in [3.8, 4) is 11.5 Å². The predicted molar refractivity (Wildman–Crippen MR) is 122 cm³/mol. The maximum Gasteiger partial charge on any atom is 0.259 e. The smallest absolute Gasteiger partial charge is 0.259 e. The van der Waals surface area contributed by atoms with E-state index in [1.165, 1.54) is 0 Å². The normalized spacial score (nSPS) is 17.2. The van der Waals surface area contributed by atoms with Gasteiger partial charge in [0.2, 0.25) is 0 Å². The van der Waals surface area contributed by atoms with Crippen LogP contribution in [0.5, 0.6) is 11.5 Å². The Morgan fingerprint density at radius 2 is 1.78 bits per heavy atom. The molecule has 1 amide bonds. The first-order chi connectivity index (χ1) is 15.5. The minimum Gasteiger partial charge on any atom is -0.486 e. The van der Waals surface area contributed by atoms with Gasteiger partial charge in [-0.2, -0.15) is 0 Å². The summed E-state index contributed by atoms with van der Waals surface area (Å²) >= 11 is 0. The Morgan fingerprint density at radius 3 is 2.62 bits per heavy atom. The molecule has 0 unspecified atom stereocenters. The van der Waals surface area contributed by atoms with Gasteiger partial charge in [0.25, 0.3) is 11.5 Å². The molecule has 2 N–H and O–H groups in total. The molecule has 1 aliphatic carbocycles. The van der Waals surface area contributed by atoms with Crippen molar-refractivity contribution in [2.75, 3.05) is 18.5 Å². The van der Waals surface area contributed by atoms with Gasteiger partial charge in [-0.25, -0.2) is 0 Å². The first kappa shape index (κ1) is 20.6. The van der Waals surface area contributed by atoms with Crippen LogP contribution in [-0.2, 0) is 6.54 Å². The van der Waals surface area contributed by atoms with E-state index >= 15 is 0 Å². The molecular formula is C25H26N2O5. The monoisotopic (exact) mass is 434 g/mol.